The number of nitrogens with zero attached hydrogens (tertiary/aromatic N) is 2. The van der Waals surface area contributed by atoms with Crippen molar-refractivity contribution >= 4 is 17.3 Å². The van der Waals surface area contributed by atoms with Crippen LogP contribution in [0.25, 0.3) is 11.6 Å². The van der Waals surface area contributed by atoms with Crippen LogP contribution in [0.4, 0.5) is 5.69 Å². The number of rotatable bonds is 5. The third kappa shape index (κ3) is 3.66. The van der Waals surface area contributed by atoms with Crippen LogP contribution in [0.2, 0.25) is 0 Å². The first-order valence-corrected chi connectivity index (χ1v) is 6.67. The highest BCUT2D eigenvalue weighted by atomic mass is 16.6. The Labute approximate surface area is 133 Å². The van der Waals surface area contributed by atoms with Gasteiger partial charge < -0.3 is 9.47 Å². The van der Waals surface area contributed by atoms with Gasteiger partial charge in [-0.1, -0.05) is 0 Å². The van der Waals surface area contributed by atoms with E-state index >= 15 is 0 Å². The SMILES string of the molecule is COc1ccc(/C=C(\C#N)c2ccc([N+](=O)[O-])cc2)c(OC)c1. The zero-order valence-electron chi connectivity index (χ0n) is 12.6. The van der Waals surface area contributed by atoms with E-state index in [4.69, 9.17) is 9.47 Å². The average Bonchev–Trinajstić information content (AvgIpc) is 2.59. The number of nitro benzene ring substituents is 1. The van der Waals surface area contributed by atoms with Crippen LogP contribution in [0, 0.1) is 21.4 Å². The van der Waals surface area contributed by atoms with Crippen molar-refractivity contribution in [3.8, 4) is 17.6 Å². The highest BCUT2D eigenvalue weighted by Crippen LogP contribution is 2.28. The summed E-state index contributed by atoms with van der Waals surface area (Å²) in [4.78, 5) is 10.2. The molecule has 0 aliphatic rings. The number of hydrogen-bond acceptors (Lipinski definition) is 5. The third-order valence-electron chi connectivity index (χ3n) is 3.25. The number of benzene rings is 2. The van der Waals surface area contributed by atoms with Gasteiger partial charge in [0.1, 0.15) is 11.5 Å². The van der Waals surface area contributed by atoms with E-state index in [0.717, 1.165) is 0 Å². The molecule has 2 rings (SSSR count). The molecule has 116 valence electrons. The summed E-state index contributed by atoms with van der Waals surface area (Å²) < 4.78 is 10.4. The first kappa shape index (κ1) is 16.0. The van der Waals surface area contributed by atoms with Crippen LogP contribution in [0.1, 0.15) is 11.1 Å². The van der Waals surface area contributed by atoms with Gasteiger partial charge in [-0.2, -0.15) is 5.26 Å². The van der Waals surface area contributed by atoms with Gasteiger partial charge >= 0.3 is 0 Å². The molecular formula is C17H14N2O4. The molecule has 0 aromatic heterocycles. The van der Waals surface area contributed by atoms with E-state index in [0.29, 0.717) is 28.2 Å². The second kappa shape index (κ2) is 7.09. The molecule has 6 heteroatoms. The molecule has 0 spiro atoms. The molecule has 0 aliphatic carbocycles. The van der Waals surface area contributed by atoms with Gasteiger partial charge in [0.2, 0.25) is 0 Å². The molecule has 0 atom stereocenters. The van der Waals surface area contributed by atoms with Crippen LogP contribution in [-0.2, 0) is 0 Å². The molecule has 0 bridgehead atoms. The summed E-state index contributed by atoms with van der Waals surface area (Å²) in [6, 6.07) is 13.2. The second-order valence-electron chi connectivity index (χ2n) is 4.58. The molecule has 0 amide bonds. The largest absolute Gasteiger partial charge is 0.497 e. The highest BCUT2D eigenvalue weighted by molar-refractivity contribution is 5.90. The standard InChI is InChI=1S/C17H14N2O4/c1-22-16-8-5-13(17(10-16)23-2)9-14(11-18)12-3-6-15(7-4-12)19(20)21/h3-10H,1-2H3/b14-9+. The van der Waals surface area contributed by atoms with Crippen molar-refractivity contribution in [3.63, 3.8) is 0 Å². The maximum absolute atomic E-state index is 10.7. The third-order valence-corrected chi connectivity index (χ3v) is 3.25. The maximum Gasteiger partial charge on any atom is 0.269 e. The number of nitriles is 1. The molecule has 2 aromatic rings. The molecule has 0 heterocycles. The van der Waals surface area contributed by atoms with Gasteiger partial charge in [-0.3, -0.25) is 10.1 Å². The Morgan fingerprint density at radius 1 is 1.17 bits per heavy atom. The quantitative estimate of drug-likeness (QED) is 0.364. The zero-order chi connectivity index (χ0) is 16.8. The molecule has 0 unspecified atom stereocenters. The molecule has 0 saturated heterocycles. The van der Waals surface area contributed by atoms with Gasteiger partial charge in [0.05, 0.1) is 30.8 Å². The smallest absolute Gasteiger partial charge is 0.269 e. The van der Waals surface area contributed by atoms with Crippen LogP contribution in [0.3, 0.4) is 0 Å². The maximum atomic E-state index is 10.7. The topological polar surface area (TPSA) is 85.4 Å². The van der Waals surface area contributed by atoms with Crippen molar-refractivity contribution in [1.29, 1.82) is 5.26 Å². The van der Waals surface area contributed by atoms with E-state index in [1.807, 2.05) is 0 Å². The Kier molecular flexibility index (Phi) is 4.95. The lowest BCUT2D eigenvalue weighted by molar-refractivity contribution is -0.384. The van der Waals surface area contributed by atoms with Gasteiger partial charge in [-0.15, -0.1) is 0 Å². The van der Waals surface area contributed by atoms with E-state index < -0.39 is 4.92 Å². The number of non-ortho nitro benzene ring substituents is 1. The van der Waals surface area contributed by atoms with Gasteiger partial charge in [0.25, 0.3) is 5.69 Å². The summed E-state index contributed by atoms with van der Waals surface area (Å²) in [7, 11) is 3.09. The van der Waals surface area contributed by atoms with Gasteiger partial charge in [0.15, 0.2) is 0 Å². The first-order chi connectivity index (χ1) is 11.1. The van der Waals surface area contributed by atoms with Crippen molar-refractivity contribution < 1.29 is 14.4 Å². The van der Waals surface area contributed by atoms with Gasteiger partial charge in [0, 0.05) is 23.8 Å². The van der Waals surface area contributed by atoms with Crippen molar-refractivity contribution in [2.75, 3.05) is 14.2 Å². The Hall–Kier alpha value is -3.33. The number of ether oxygens (including phenoxy) is 2. The van der Waals surface area contributed by atoms with Crippen LogP contribution >= 0.6 is 0 Å². The van der Waals surface area contributed by atoms with Crippen LogP contribution in [-0.4, -0.2) is 19.1 Å². The average molecular weight is 310 g/mol. The van der Waals surface area contributed by atoms with Crippen molar-refractivity contribution in [2.45, 2.75) is 0 Å². The molecule has 0 radical (unpaired) electrons. The number of hydrogen-bond donors (Lipinski definition) is 0. The lowest BCUT2D eigenvalue weighted by Gasteiger charge is -2.08. The molecule has 6 nitrogen and oxygen atoms in total. The lowest BCUT2D eigenvalue weighted by Crippen LogP contribution is -1.91. The Morgan fingerprint density at radius 3 is 2.39 bits per heavy atom. The van der Waals surface area contributed by atoms with Crippen molar-refractivity contribution in [2.24, 2.45) is 0 Å². The minimum Gasteiger partial charge on any atom is -0.497 e. The summed E-state index contributed by atoms with van der Waals surface area (Å²) in [5, 5.41) is 20.1. The molecule has 0 saturated carbocycles. The van der Waals surface area contributed by atoms with E-state index in [1.54, 1.807) is 43.5 Å². The number of nitro groups is 1. The van der Waals surface area contributed by atoms with Crippen LogP contribution in [0.5, 0.6) is 11.5 Å². The summed E-state index contributed by atoms with van der Waals surface area (Å²) in [6.45, 7) is 0. The molecule has 0 fully saturated rings. The molecule has 0 aliphatic heterocycles. The molecule has 2 aromatic carbocycles. The first-order valence-electron chi connectivity index (χ1n) is 6.67. The minimum atomic E-state index is -0.480. The van der Waals surface area contributed by atoms with Crippen LogP contribution in [0.15, 0.2) is 42.5 Å². The van der Waals surface area contributed by atoms with E-state index in [1.165, 1.54) is 19.2 Å². The predicted molar refractivity (Wildman–Crippen MR) is 86.1 cm³/mol. The predicted octanol–water partition coefficient (Wildman–Crippen LogP) is 3.68. The summed E-state index contributed by atoms with van der Waals surface area (Å²) in [5.41, 5.74) is 1.66. The zero-order valence-corrected chi connectivity index (χ0v) is 12.6. The van der Waals surface area contributed by atoms with Crippen molar-refractivity contribution in [3.05, 3.63) is 63.7 Å². The van der Waals surface area contributed by atoms with E-state index in [9.17, 15) is 15.4 Å². The highest BCUT2D eigenvalue weighted by Gasteiger charge is 2.09. The summed E-state index contributed by atoms with van der Waals surface area (Å²) >= 11 is 0. The fraction of sp³-hybridized carbons (Fsp3) is 0.118. The Bertz CT molecular complexity index is 789. The Balaban J connectivity index is 2.43. The van der Waals surface area contributed by atoms with Crippen LogP contribution < -0.4 is 9.47 Å². The van der Waals surface area contributed by atoms with Gasteiger partial charge in [-0.05, 0) is 35.9 Å². The molecule has 0 N–H and O–H groups in total. The minimum absolute atomic E-state index is 0.0203. The second-order valence-corrected chi connectivity index (χ2v) is 4.58. The van der Waals surface area contributed by atoms with Gasteiger partial charge in [-0.25, -0.2) is 0 Å². The number of methoxy groups -OCH3 is 2. The monoisotopic (exact) mass is 310 g/mol. The molecular weight excluding hydrogens is 296 g/mol. The fourth-order valence-corrected chi connectivity index (χ4v) is 2.04. The van der Waals surface area contributed by atoms with E-state index in [-0.39, 0.29) is 5.69 Å². The summed E-state index contributed by atoms with van der Waals surface area (Å²) in [6.07, 6.45) is 1.67. The summed E-state index contributed by atoms with van der Waals surface area (Å²) in [5.74, 6) is 1.21. The van der Waals surface area contributed by atoms with E-state index in [2.05, 4.69) is 6.07 Å². The lowest BCUT2D eigenvalue weighted by atomic mass is 10.0. The molecule has 23 heavy (non-hydrogen) atoms. The fourth-order valence-electron chi connectivity index (χ4n) is 2.04. The normalized spacial score (nSPS) is 10.7. The van der Waals surface area contributed by atoms with Crippen molar-refractivity contribution in [1.82, 2.24) is 0 Å². The Morgan fingerprint density at radius 2 is 1.87 bits per heavy atom. The number of allylic oxidation sites excluding steroid dienone is 1.